The molecule has 0 bridgehead atoms. The van der Waals surface area contributed by atoms with Gasteiger partial charge in [0.1, 0.15) is 6.54 Å². The van der Waals surface area contributed by atoms with E-state index in [2.05, 4.69) is 17.3 Å². The molecule has 0 radical (unpaired) electrons. The molecule has 0 unspecified atom stereocenters. The van der Waals surface area contributed by atoms with Gasteiger partial charge in [-0.05, 0) is 57.5 Å². The first kappa shape index (κ1) is 20.7. The van der Waals surface area contributed by atoms with Crippen LogP contribution in [-0.2, 0) is 15.0 Å². The van der Waals surface area contributed by atoms with Gasteiger partial charge in [0, 0.05) is 20.6 Å². The van der Waals surface area contributed by atoms with Crippen molar-refractivity contribution in [2.24, 2.45) is 5.92 Å². The molecular formula is C18H30N4O3S. The van der Waals surface area contributed by atoms with Crippen LogP contribution < -0.4 is 9.62 Å². The zero-order valence-corrected chi connectivity index (χ0v) is 16.7. The number of para-hydroxylation sites is 1. The molecule has 1 fully saturated rings. The van der Waals surface area contributed by atoms with Crippen molar-refractivity contribution in [3.63, 3.8) is 0 Å². The fraction of sp³-hybridized carbons (Fsp3) is 0.611. The number of rotatable bonds is 8. The molecule has 1 aliphatic rings. The van der Waals surface area contributed by atoms with Crippen molar-refractivity contribution in [3.05, 3.63) is 30.3 Å². The van der Waals surface area contributed by atoms with Crippen molar-refractivity contribution in [2.75, 3.05) is 51.6 Å². The van der Waals surface area contributed by atoms with Gasteiger partial charge < -0.3 is 10.2 Å². The molecular weight excluding hydrogens is 352 g/mol. The van der Waals surface area contributed by atoms with Crippen LogP contribution in [0.5, 0.6) is 0 Å². The van der Waals surface area contributed by atoms with Crippen molar-refractivity contribution in [1.82, 2.24) is 14.5 Å². The number of anilines is 1. The van der Waals surface area contributed by atoms with Crippen LogP contribution in [0, 0.1) is 5.92 Å². The van der Waals surface area contributed by atoms with E-state index in [-0.39, 0.29) is 12.5 Å². The Balaban J connectivity index is 1.92. The van der Waals surface area contributed by atoms with Crippen molar-refractivity contribution >= 4 is 21.8 Å². The molecule has 26 heavy (non-hydrogen) atoms. The van der Waals surface area contributed by atoms with Crippen LogP contribution in [0.4, 0.5) is 5.69 Å². The summed E-state index contributed by atoms with van der Waals surface area (Å²) in [5.74, 6) is 0.342. The second-order valence-corrected chi connectivity index (χ2v) is 9.08. The third-order valence-electron chi connectivity index (χ3n) is 4.78. The van der Waals surface area contributed by atoms with E-state index >= 15 is 0 Å². The van der Waals surface area contributed by atoms with Gasteiger partial charge in [0.2, 0.25) is 5.91 Å². The fourth-order valence-corrected chi connectivity index (χ4v) is 4.11. The molecule has 0 saturated carbocycles. The van der Waals surface area contributed by atoms with E-state index < -0.39 is 10.2 Å². The maximum atomic E-state index is 12.6. The van der Waals surface area contributed by atoms with Crippen LogP contribution in [-0.4, -0.2) is 70.9 Å². The highest BCUT2D eigenvalue weighted by molar-refractivity contribution is 7.90. The molecule has 8 heteroatoms. The van der Waals surface area contributed by atoms with Crippen LogP contribution in [0.1, 0.15) is 19.3 Å². The van der Waals surface area contributed by atoms with Gasteiger partial charge in [0.15, 0.2) is 0 Å². The number of amides is 1. The molecule has 1 aliphatic heterocycles. The molecule has 1 aromatic rings. The van der Waals surface area contributed by atoms with E-state index in [0.717, 1.165) is 41.0 Å². The molecule has 0 atom stereocenters. The number of benzene rings is 1. The largest absolute Gasteiger partial charge is 0.355 e. The van der Waals surface area contributed by atoms with E-state index in [1.807, 2.05) is 6.07 Å². The normalized spacial score (nSPS) is 16.6. The van der Waals surface area contributed by atoms with Crippen molar-refractivity contribution in [1.29, 1.82) is 0 Å². The second-order valence-electron chi connectivity index (χ2n) is 7.02. The van der Waals surface area contributed by atoms with Gasteiger partial charge in [0.25, 0.3) is 0 Å². The predicted octanol–water partition coefficient (Wildman–Crippen LogP) is 1.15. The molecule has 1 N–H and O–H groups in total. The first-order valence-electron chi connectivity index (χ1n) is 9.01. The minimum Gasteiger partial charge on any atom is -0.355 e. The molecule has 1 heterocycles. The molecule has 1 saturated heterocycles. The van der Waals surface area contributed by atoms with Gasteiger partial charge >= 0.3 is 10.2 Å². The summed E-state index contributed by atoms with van der Waals surface area (Å²) in [4.78, 5) is 14.7. The summed E-state index contributed by atoms with van der Waals surface area (Å²) in [6, 6.07) is 8.70. The summed E-state index contributed by atoms with van der Waals surface area (Å²) in [7, 11) is 1.31. The minimum atomic E-state index is -3.74. The Kier molecular flexibility index (Phi) is 7.43. The van der Waals surface area contributed by atoms with E-state index in [1.165, 1.54) is 14.1 Å². The third kappa shape index (κ3) is 5.69. The number of hydrogen-bond donors (Lipinski definition) is 1. The quantitative estimate of drug-likeness (QED) is 0.732. The minimum absolute atomic E-state index is 0.224. The highest BCUT2D eigenvalue weighted by Gasteiger charge is 2.27. The monoisotopic (exact) mass is 382 g/mol. The molecule has 0 spiro atoms. The fourth-order valence-electron chi connectivity index (χ4n) is 3.05. The second kappa shape index (κ2) is 9.34. The maximum Gasteiger partial charge on any atom is 0.304 e. The Morgan fingerprint density at radius 3 is 2.38 bits per heavy atom. The van der Waals surface area contributed by atoms with Crippen LogP contribution in [0.15, 0.2) is 30.3 Å². The van der Waals surface area contributed by atoms with Crippen LogP contribution >= 0.6 is 0 Å². The lowest BCUT2D eigenvalue weighted by Gasteiger charge is -2.29. The van der Waals surface area contributed by atoms with Crippen LogP contribution in [0.25, 0.3) is 0 Å². The molecule has 2 rings (SSSR count). The molecule has 1 aromatic carbocycles. The topological polar surface area (TPSA) is 73.0 Å². The average molecular weight is 383 g/mol. The molecule has 146 valence electrons. The summed E-state index contributed by atoms with van der Waals surface area (Å²) in [6.07, 6.45) is 3.24. The maximum absolute atomic E-state index is 12.6. The number of likely N-dealkylation sites (tertiary alicyclic amines) is 1. The van der Waals surface area contributed by atoms with Crippen molar-refractivity contribution < 1.29 is 13.2 Å². The van der Waals surface area contributed by atoms with Crippen LogP contribution in [0.2, 0.25) is 0 Å². The van der Waals surface area contributed by atoms with Crippen molar-refractivity contribution in [2.45, 2.75) is 19.3 Å². The molecule has 0 aliphatic carbocycles. The third-order valence-corrected chi connectivity index (χ3v) is 6.60. The van der Waals surface area contributed by atoms with E-state index in [4.69, 9.17) is 0 Å². The number of carbonyl (C=O) groups is 1. The van der Waals surface area contributed by atoms with Gasteiger partial charge in [-0.25, -0.2) is 4.31 Å². The number of piperidine rings is 1. The Bertz CT molecular complexity index is 671. The summed E-state index contributed by atoms with van der Waals surface area (Å²) in [5, 5.41) is 2.88. The van der Waals surface area contributed by atoms with E-state index in [0.29, 0.717) is 18.2 Å². The molecule has 7 nitrogen and oxygen atoms in total. The van der Waals surface area contributed by atoms with Gasteiger partial charge in [0.05, 0.1) is 5.69 Å². The lowest BCUT2D eigenvalue weighted by molar-refractivity contribution is -0.119. The van der Waals surface area contributed by atoms with Gasteiger partial charge in [-0.3, -0.25) is 4.79 Å². The Labute approximate surface area is 157 Å². The summed E-state index contributed by atoms with van der Waals surface area (Å²) < 4.78 is 27.4. The summed E-state index contributed by atoms with van der Waals surface area (Å²) in [6.45, 7) is 2.55. The first-order valence-corrected chi connectivity index (χ1v) is 10.4. The standard InChI is InChI=1S/C18H30N4O3S/c1-20(2)26(24,25)22(17-7-5-4-6-8-17)15-18(23)19-12-9-16-10-13-21(3)14-11-16/h4-8,16H,9-15H2,1-3H3,(H,19,23). The Hall–Kier alpha value is -1.64. The van der Waals surface area contributed by atoms with Gasteiger partial charge in [-0.15, -0.1) is 0 Å². The highest BCUT2D eigenvalue weighted by atomic mass is 32.2. The number of hydrogen-bond acceptors (Lipinski definition) is 4. The van der Waals surface area contributed by atoms with E-state index in [9.17, 15) is 13.2 Å². The first-order chi connectivity index (χ1) is 12.3. The summed E-state index contributed by atoms with van der Waals surface area (Å²) in [5.41, 5.74) is 0.478. The Morgan fingerprint density at radius 2 is 1.81 bits per heavy atom. The number of nitrogens with zero attached hydrogens (tertiary/aromatic N) is 3. The molecule has 1 amide bonds. The SMILES string of the molecule is CN1CCC(CCNC(=O)CN(c2ccccc2)S(=O)(=O)N(C)C)CC1. The predicted molar refractivity (Wildman–Crippen MR) is 104 cm³/mol. The number of nitrogens with one attached hydrogen (secondary N) is 1. The number of carbonyl (C=O) groups excluding carboxylic acids is 1. The van der Waals surface area contributed by atoms with Gasteiger partial charge in [-0.1, -0.05) is 18.2 Å². The Morgan fingerprint density at radius 1 is 1.19 bits per heavy atom. The molecule has 0 aromatic heterocycles. The van der Waals surface area contributed by atoms with Gasteiger partial charge in [-0.2, -0.15) is 12.7 Å². The smallest absolute Gasteiger partial charge is 0.304 e. The lowest BCUT2D eigenvalue weighted by atomic mass is 9.94. The van der Waals surface area contributed by atoms with Crippen molar-refractivity contribution in [3.8, 4) is 0 Å². The zero-order chi connectivity index (χ0) is 19.2. The lowest BCUT2D eigenvalue weighted by Crippen LogP contribution is -2.46. The average Bonchev–Trinajstić information content (AvgIpc) is 2.62. The van der Waals surface area contributed by atoms with E-state index in [1.54, 1.807) is 24.3 Å². The van der Waals surface area contributed by atoms with Crippen LogP contribution in [0.3, 0.4) is 0 Å². The highest BCUT2D eigenvalue weighted by Crippen LogP contribution is 2.20. The zero-order valence-electron chi connectivity index (χ0n) is 15.9. The summed E-state index contributed by atoms with van der Waals surface area (Å²) >= 11 is 0.